The second-order valence-electron chi connectivity index (χ2n) is 5.05. The molecule has 1 aromatic heterocycles. The molecule has 3 heteroatoms. The predicted octanol–water partition coefficient (Wildman–Crippen LogP) is 2.20. The molecule has 17 heavy (non-hydrogen) atoms. The van der Waals surface area contributed by atoms with Crippen molar-refractivity contribution < 1.29 is 0 Å². The van der Waals surface area contributed by atoms with E-state index >= 15 is 0 Å². The first-order valence-electron chi connectivity index (χ1n) is 6.64. The number of hydrogen-bond acceptors (Lipinski definition) is 2. The topological polar surface area (TPSA) is 34.0 Å². The van der Waals surface area contributed by atoms with E-state index in [4.69, 9.17) is 0 Å². The fourth-order valence-corrected chi connectivity index (χ4v) is 2.45. The molecule has 1 aliphatic carbocycles. The molecule has 0 bridgehead atoms. The van der Waals surface area contributed by atoms with Crippen molar-refractivity contribution in [1.82, 2.24) is 9.88 Å². The highest BCUT2D eigenvalue weighted by Gasteiger charge is 2.11. The van der Waals surface area contributed by atoms with Crippen molar-refractivity contribution in [3.8, 4) is 0 Å². The SMILES string of the molecule is Cn1ccc(CNC2CCCCCC2)cc1=O. The molecule has 1 N–H and O–H groups in total. The Balaban J connectivity index is 1.88. The molecule has 0 radical (unpaired) electrons. The van der Waals surface area contributed by atoms with Gasteiger partial charge in [0.15, 0.2) is 0 Å². The van der Waals surface area contributed by atoms with Crippen LogP contribution in [0.4, 0.5) is 0 Å². The first kappa shape index (κ1) is 12.4. The van der Waals surface area contributed by atoms with Crippen molar-refractivity contribution in [1.29, 1.82) is 0 Å². The van der Waals surface area contributed by atoms with Gasteiger partial charge >= 0.3 is 0 Å². The van der Waals surface area contributed by atoms with E-state index in [1.165, 1.54) is 38.5 Å². The Labute approximate surface area is 103 Å². The van der Waals surface area contributed by atoms with Crippen LogP contribution in [0.3, 0.4) is 0 Å². The standard InChI is InChI=1S/C14H22N2O/c1-16-9-8-12(10-14(16)17)11-15-13-6-4-2-3-5-7-13/h8-10,13,15H,2-7,11H2,1H3. The zero-order chi connectivity index (χ0) is 12.1. The van der Waals surface area contributed by atoms with Gasteiger partial charge in [-0.25, -0.2) is 0 Å². The van der Waals surface area contributed by atoms with Crippen molar-refractivity contribution in [2.45, 2.75) is 51.1 Å². The minimum atomic E-state index is 0.0742. The first-order valence-corrected chi connectivity index (χ1v) is 6.64. The maximum Gasteiger partial charge on any atom is 0.250 e. The second-order valence-corrected chi connectivity index (χ2v) is 5.05. The molecular formula is C14H22N2O. The first-order chi connectivity index (χ1) is 8.25. The molecule has 0 aromatic carbocycles. The molecule has 0 spiro atoms. The molecule has 1 fully saturated rings. The van der Waals surface area contributed by atoms with Crippen molar-refractivity contribution in [2.75, 3.05) is 0 Å². The summed E-state index contributed by atoms with van der Waals surface area (Å²) in [6, 6.07) is 4.39. The highest BCUT2D eigenvalue weighted by Crippen LogP contribution is 2.17. The summed E-state index contributed by atoms with van der Waals surface area (Å²) in [4.78, 5) is 11.5. The summed E-state index contributed by atoms with van der Waals surface area (Å²) >= 11 is 0. The van der Waals surface area contributed by atoms with Crippen molar-refractivity contribution in [3.63, 3.8) is 0 Å². The molecule has 0 unspecified atom stereocenters. The van der Waals surface area contributed by atoms with Gasteiger partial charge in [-0.2, -0.15) is 0 Å². The van der Waals surface area contributed by atoms with Gasteiger partial charge in [0.1, 0.15) is 0 Å². The monoisotopic (exact) mass is 234 g/mol. The Morgan fingerprint density at radius 3 is 2.65 bits per heavy atom. The van der Waals surface area contributed by atoms with E-state index in [2.05, 4.69) is 5.32 Å². The maximum atomic E-state index is 11.5. The Kier molecular flexibility index (Phi) is 4.37. The van der Waals surface area contributed by atoms with Crippen LogP contribution >= 0.6 is 0 Å². The Bertz CT molecular complexity index is 403. The molecule has 0 aliphatic heterocycles. The molecule has 1 aliphatic rings. The largest absolute Gasteiger partial charge is 0.319 e. The van der Waals surface area contributed by atoms with Gasteiger partial charge in [0.25, 0.3) is 5.56 Å². The number of aromatic nitrogens is 1. The van der Waals surface area contributed by atoms with Crippen LogP contribution in [0.1, 0.15) is 44.1 Å². The van der Waals surface area contributed by atoms with Gasteiger partial charge < -0.3 is 9.88 Å². The van der Waals surface area contributed by atoms with Crippen molar-refractivity contribution in [2.24, 2.45) is 7.05 Å². The fraction of sp³-hybridized carbons (Fsp3) is 0.643. The number of hydrogen-bond donors (Lipinski definition) is 1. The minimum Gasteiger partial charge on any atom is -0.319 e. The lowest BCUT2D eigenvalue weighted by molar-refractivity contribution is 0.459. The van der Waals surface area contributed by atoms with E-state index in [0.29, 0.717) is 6.04 Å². The third-order valence-corrected chi connectivity index (χ3v) is 3.62. The maximum absolute atomic E-state index is 11.5. The smallest absolute Gasteiger partial charge is 0.250 e. The average molecular weight is 234 g/mol. The molecule has 94 valence electrons. The number of pyridine rings is 1. The molecule has 1 heterocycles. The van der Waals surface area contributed by atoms with Gasteiger partial charge in [-0.1, -0.05) is 25.7 Å². The van der Waals surface area contributed by atoms with E-state index in [1.807, 2.05) is 12.3 Å². The van der Waals surface area contributed by atoms with E-state index in [9.17, 15) is 4.79 Å². The lowest BCUT2D eigenvalue weighted by Crippen LogP contribution is -2.28. The summed E-state index contributed by atoms with van der Waals surface area (Å²) in [6.45, 7) is 0.820. The lowest BCUT2D eigenvalue weighted by Gasteiger charge is -2.16. The summed E-state index contributed by atoms with van der Waals surface area (Å²) in [5.74, 6) is 0. The number of rotatable bonds is 3. The number of nitrogens with one attached hydrogen (secondary N) is 1. The summed E-state index contributed by atoms with van der Waals surface area (Å²) in [5.41, 5.74) is 1.17. The van der Waals surface area contributed by atoms with Crippen LogP contribution in [-0.4, -0.2) is 10.6 Å². The Morgan fingerprint density at radius 2 is 2.00 bits per heavy atom. The normalized spacial score (nSPS) is 17.9. The summed E-state index contributed by atoms with van der Waals surface area (Å²) in [5, 5.41) is 3.58. The third-order valence-electron chi connectivity index (χ3n) is 3.62. The van der Waals surface area contributed by atoms with E-state index < -0.39 is 0 Å². The number of aryl methyl sites for hydroxylation is 1. The number of nitrogens with zero attached hydrogens (tertiary/aromatic N) is 1. The van der Waals surface area contributed by atoms with E-state index in [1.54, 1.807) is 17.7 Å². The Morgan fingerprint density at radius 1 is 1.29 bits per heavy atom. The van der Waals surface area contributed by atoms with Crippen molar-refractivity contribution >= 4 is 0 Å². The predicted molar refractivity (Wildman–Crippen MR) is 70.0 cm³/mol. The highest BCUT2D eigenvalue weighted by atomic mass is 16.1. The van der Waals surface area contributed by atoms with Crippen molar-refractivity contribution in [3.05, 3.63) is 34.2 Å². The zero-order valence-electron chi connectivity index (χ0n) is 10.6. The van der Waals surface area contributed by atoms with Gasteiger partial charge in [-0.05, 0) is 24.5 Å². The minimum absolute atomic E-state index is 0.0742. The molecule has 0 saturated heterocycles. The fourth-order valence-electron chi connectivity index (χ4n) is 2.45. The van der Waals surface area contributed by atoms with Gasteiger partial charge in [0.05, 0.1) is 0 Å². The summed E-state index contributed by atoms with van der Waals surface area (Å²) < 4.78 is 1.61. The average Bonchev–Trinajstić information content (AvgIpc) is 2.59. The molecular weight excluding hydrogens is 212 g/mol. The van der Waals surface area contributed by atoms with Crippen LogP contribution in [0.2, 0.25) is 0 Å². The molecule has 3 nitrogen and oxygen atoms in total. The van der Waals surface area contributed by atoms with Crippen LogP contribution in [-0.2, 0) is 13.6 Å². The van der Waals surface area contributed by atoms with Crippen LogP contribution in [0.25, 0.3) is 0 Å². The zero-order valence-corrected chi connectivity index (χ0v) is 10.6. The van der Waals surface area contributed by atoms with E-state index in [-0.39, 0.29) is 5.56 Å². The molecule has 0 atom stereocenters. The van der Waals surface area contributed by atoms with Crippen LogP contribution in [0.5, 0.6) is 0 Å². The Hall–Kier alpha value is -1.09. The third kappa shape index (κ3) is 3.70. The van der Waals surface area contributed by atoms with Crippen LogP contribution in [0, 0.1) is 0 Å². The summed E-state index contributed by atoms with van der Waals surface area (Å²) in [6.07, 6.45) is 9.85. The molecule has 1 saturated carbocycles. The van der Waals surface area contributed by atoms with Gasteiger partial charge in [-0.15, -0.1) is 0 Å². The molecule has 0 amide bonds. The quantitative estimate of drug-likeness (QED) is 0.814. The van der Waals surface area contributed by atoms with Crippen LogP contribution < -0.4 is 10.9 Å². The van der Waals surface area contributed by atoms with Gasteiger partial charge in [0.2, 0.25) is 0 Å². The van der Waals surface area contributed by atoms with Crippen LogP contribution in [0.15, 0.2) is 23.1 Å². The summed E-state index contributed by atoms with van der Waals surface area (Å²) in [7, 11) is 1.78. The lowest BCUT2D eigenvalue weighted by atomic mass is 10.1. The molecule has 2 rings (SSSR count). The van der Waals surface area contributed by atoms with Gasteiger partial charge in [-0.3, -0.25) is 4.79 Å². The second kappa shape index (κ2) is 6.01. The molecule has 1 aromatic rings. The van der Waals surface area contributed by atoms with Gasteiger partial charge in [0, 0.05) is 31.9 Å². The van der Waals surface area contributed by atoms with E-state index in [0.717, 1.165) is 12.1 Å². The highest BCUT2D eigenvalue weighted by molar-refractivity contribution is 5.10.